The molecule has 0 saturated heterocycles. The molecule has 2 aliphatic rings. The first-order valence-electron chi connectivity index (χ1n) is 11.5. The van der Waals surface area contributed by atoms with E-state index in [1.54, 1.807) is 34.1 Å². The smallest absolute Gasteiger partial charge is 0.240 e. The summed E-state index contributed by atoms with van der Waals surface area (Å²) in [6.07, 6.45) is 6.88. The van der Waals surface area contributed by atoms with Crippen molar-refractivity contribution in [3.8, 4) is 16.9 Å². The first-order valence-corrected chi connectivity index (χ1v) is 13.0. The molecule has 0 aliphatic carbocycles. The standard InChI is InChI=1S/C26H23N5O3S/c32-24-7-6-19-14-23(15-20-10-13-30(24)26(19)20)35(33,34)28-16-21-17-31(22-4-2-1-3-5-22)29-25(21)18-8-11-27-12-9-18/h1-5,8-9,11-12,14-15,17,28H,6-7,10,13,16H2. The molecule has 1 N–H and O–H groups in total. The molecule has 0 bridgehead atoms. The van der Waals surface area contributed by atoms with E-state index in [4.69, 9.17) is 5.10 Å². The summed E-state index contributed by atoms with van der Waals surface area (Å²) in [6, 6.07) is 16.8. The molecule has 0 spiro atoms. The maximum Gasteiger partial charge on any atom is 0.240 e. The Morgan fingerprint density at radius 2 is 1.69 bits per heavy atom. The highest BCUT2D eigenvalue weighted by atomic mass is 32.2. The number of amides is 1. The highest BCUT2D eigenvalue weighted by Crippen LogP contribution is 2.38. The molecule has 0 fully saturated rings. The lowest BCUT2D eigenvalue weighted by atomic mass is 10.00. The van der Waals surface area contributed by atoms with Gasteiger partial charge in [-0.05, 0) is 60.4 Å². The van der Waals surface area contributed by atoms with Crippen LogP contribution in [0.2, 0.25) is 0 Å². The molecule has 1 amide bonds. The maximum absolute atomic E-state index is 13.3. The third-order valence-corrected chi connectivity index (χ3v) is 7.93. The molecule has 4 aromatic rings. The lowest BCUT2D eigenvalue weighted by molar-refractivity contribution is -0.118. The summed E-state index contributed by atoms with van der Waals surface area (Å²) in [5, 5.41) is 4.74. The van der Waals surface area contributed by atoms with Crippen LogP contribution in [-0.2, 0) is 34.2 Å². The van der Waals surface area contributed by atoms with Gasteiger partial charge in [-0.2, -0.15) is 5.10 Å². The van der Waals surface area contributed by atoms with Crippen LogP contribution >= 0.6 is 0 Å². The third kappa shape index (κ3) is 3.92. The van der Waals surface area contributed by atoms with E-state index < -0.39 is 10.0 Å². The van der Waals surface area contributed by atoms with Gasteiger partial charge < -0.3 is 4.90 Å². The fourth-order valence-corrected chi connectivity index (χ4v) is 5.95. The summed E-state index contributed by atoms with van der Waals surface area (Å²) in [6.45, 7) is 0.704. The lowest BCUT2D eigenvalue weighted by Gasteiger charge is -2.25. The first kappa shape index (κ1) is 21.7. The topological polar surface area (TPSA) is 97.2 Å². The van der Waals surface area contributed by atoms with E-state index >= 15 is 0 Å². The Bertz CT molecular complexity index is 1530. The Morgan fingerprint density at radius 3 is 2.46 bits per heavy atom. The molecule has 2 aromatic carbocycles. The van der Waals surface area contributed by atoms with Crippen molar-refractivity contribution in [1.29, 1.82) is 0 Å². The Kier molecular flexibility index (Phi) is 5.23. The summed E-state index contributed by atoms with van der Waals surface area (Å²) in [5.74, 6) is 0.115. The van der Waals surface area contributed by atoms with E-state index in [9.17, 15) is 13.2 Å². The molecule has 6 rings (SSSR count). The molecule has 8 nitrogen and oxygen atoms in total. The molecule has 0 radical (unpaired) electrons. The average Bonchev–Trinajstić information content (AvgIpc) is 3.52. The van der Waals surface area contributed by atoms with Gasteiger partial charge in [0.05, 0.1) is 22.0 Å². The number of hydrogen-bond donors (Lipinski definition) is 1. The summed E-state index contributed by atoms with van der Waals surface area (Å²) < 4.78 is 31.2. The SMILES string of the molecule is O=C1CCc2cc(S(=O)(=O)NCc3cn(-c4ccccc4)nc3-c3ccncc3)cc3c2N1CC3. The van der Waals surface area contributed by atoms with Crippen LogP contribution < -0.4 is 9.62 Å². The number of aryl methyl sites for hydroxylation is 1. The number of benzene rings is 2. The molecular weight excluding hydrogens is 462 g/mol. The van der Waals surface area contributed by atoms with Gasteiger partial charge >= 0.3 is 0 Å². The van der Waals surface area contributed by atoms with Crippen molar-refractivity contribution in [2.24, 2.45) is 0 Å². The van der Waals surface area contributed by atoms with Gasteiger partial charge in [-0.3, -0.25) is 9.78 Å². The monoisotopic (exact) mass is 485 g/mol. The number of nitrogens with zero attached hydrogens (tertiary/aromatic N) is 4. The van der Waals surface area contributed by atoms with Gasteiger partial charge in [-0.25, -0.2) is 17.8 Å². The van der Waals surface area contributed by atoms with Crippen LogP contribution in [0.1, 0.15) is 23.1 Å². The fourth-order valence-electron chi connectivity index (χ4n) is 4.84. The Hall–Kier alpha value is -3.82. The number of para-hydroxylation sites is 1. The second-order valence-corrected chi connectivity index (χ2v) is 10.5. The number of pyridine rings is 1. The molecule has 0 atom stereocenters. The van der Waals surface area contributed by atoms with Gasteiger partial charge in [0.1, 0.15) is 0 Å². The largest absolute Gasteiger partial charge is 0.312 e. The summed E-state index contributed by atoms with van der Waals surface area (Å²) >= 11 is 0. The second kappa shape index (κ2) is 8.44. The molecular formula is C26H23N5O3S. The van der Waals surface area contributed by atoms with E-state index in [-0.39, 0.29) is 17.3 Å². The zero-order valence-electron chi connectivity index (χ0n) is 18.9. The van der Waals surface area contributed by atoms with Gasteiger partial charge in [0.25, 0.3) is 0 Å². The predicted octanol–water partition coefficient (Wildman–Crippen LogP) is 3.25. The second-order valence-electron chi connectivity index (χ2n) is 8.73. The van der Waals surface area contributed by atoms with E-state index in [0.29, 0.717) is 31.5 Å². The Balaban J connectivity index is 1.32. The lowest BCUT2D eigenvalue weighted by Crippen LogP contribution is -2.33. The van der Waals surface area contributed by atoms with E-state index in [2.05, 4.69) is 9.71 Å². The fraction of sp³-hybridized carbons (Fsp3) is 0.192. The molecule has 35 heavy (non-hydrogen) atoms. The van der Waals surface area contributed by atoms with Gasteiger partial charge in [-0.1, -0.05) is 18.2 Å². The number of anilines is 1. The van der Waals surface area contributed by atoms with E-state index in [0.717, 1.165) is 33.6 Å². The summed E-state index contributed by atoms with van der Waals surface area (Å²) in [4.78, 5) is 18.3. The number of nitrogens with one attached hydrogen (secondary N) is 1. The highest BCUT2D eigenvalue weighted by molar-refractivity contribution is 7.89. The van der Waals surface area contributed by atoms with Crippen molar-refractivity contribution < 1.29 is 13.2 Å². The van der Waals surface area contributed by atoms with Gasteiger partial charge in [-0.15, -0.1) is 0 Å². The van der Waals surface area contributed by atoms with Crippen molar-refractivity contribution in [1.82, 2.24) is 19.5 Å². The highest BCUT2D eigenvalue weighted by Gasteiger charge is 2.33. The molecule has 0 saturated carbocycles. The average molecular weight is 486 g/mol. The summed E-state index contributed by atoms with van der Waals surface area (Å²) in [5.41, 5.74) is 5.94. The number of aromatic nitrogens is 3. The molecule has 0 unspecified atom stereocenters. The van der Waals surface area contributed by atoms with Crippen LogP contribution in [0.5, 0.6) is 0 Å². The molecule has 2 aliphatic heterocycles. The van der Waals surface area contributed by atoms with Crippen LogP contribution in [-0.4, -0.2) is 35.6 Å². The zero-order valence-corrected chi connectivity index (χ0v) is 19.7. The van der Waals surface area contributed by atoms with Crippen molar-refractivity contribution in [3.05, 3.63) is 89.9 Å². The minimum Gasteiger partial charge on any atom is -0.312 e. The van der Waals surface area contributed by atoms with Gasteiger partial charge in [0.2, 0.25) is 15.9 Å². The minimum absolute atomic E-state index is 0.0872. The third-order valence-electron chi connectivity index (χ3n) is 6.55. The minimum atomic E-state index is -3.78. The van der Waals surface area contributed by atoms with Crippen LogP contribution in [0.15, 0.2) is 78.1 Å². The maximum atomic E-state index is 13.3. The number of carbonyl (C=O) groups is 1. The van der Waals surface area contributed by atoms with Crippen LogP contribution in [0.3, 0.4) is 0 Å². The van der Waals surface area contributed by atoms with Crippen molar-refractivity contribution in [2.45, 2.75) is 30.7 Å². The number of carbonyl (C=O) groups excluding carboxylic acids is 1. The normalized spacial score (nSPS) is 14.9. The van der Waals surface area contributed by atoms with E-state index in [1.165, 1.54) is 0 Å². The molecule has 176 valence electrons. The van der Waals surface area contributed by atoms with Crippen molar-refractivity contribution >= 4 is 21.6 Å². The van der Waals surface area contributed by atoms with Crippen molar-refractivity contribution in [3.63, 3.8) is 0 Å². The van der Waals surface area contributed by atoms with Crippen LogP contribution in [0, 0.1) is 0 Å². The quantitative estimate of drug-likeness (QED) is 0.452. The number of hydrogen-bond acceptors (Lipinski definition) is 5. The van der Waals surface area contributed by atoms with Gasteiger partial charge in [0.15, 0.2) is 0 Å². The molecule has 2 aromatic heterocycles. The Labute approximate surface area is 203 Å². The van der Waals surface area contributed by atoms with Gasteiger partial charge in [0, 0.05) is 49.2 Å². The zero-order chi connectivity index (χ0) is 24.0. The molecule has 4 heterocycles. The first-order chi connectivity index (χ1) is 17.0. The van der Waals surface area contributed by atoms with E-state index in [1.807, 2.05) is 48.7 Å². The van der Waals surface area contributed by atoms with Crippen LogP contribution in [0.25, 0.3) is 16.9 Å². The van der Waals surface area contributed by atoms with Crippen molar-refractivity contribution in [2.75, 3.05) is 11.4 Å². The molecule has 9 heteroatoms. The van der Waals surface area contributed by atoms with Crippen LogP contribution in [0.4, 0.5) is 5.69 Å². The Morgan fingerprint density at radius 1 is 0.943 bits per heavy atom. The predicted molar refractivity (Wildman–Crippen MR) is 132 cm³/mol. The number of rotatable bonds is 6. The number of sulfonamides is 1. The summed E-state index contributed by atoms with van der Waals surface area (Å²) in [7, 11) is -3.78.